The molecule has 0 saturated carbocycles. The van der Waals surface area contributed by atoms with E-state index in [1.807, 2.05) is 0 Å². The van der Waals surface area contributed by atoms with Crippen LogP contribution in [0.15, 0.2) is 15.2 Å². The summed E-state index contributed by atoms with van der Waals surface area (Å²) < 4.78 is 54.3. The number of thiophene rings is 1. The third-order valence-corrected chi connectivity index (χ3v) is 3.87. The van der Waals surface area contributed by atoms with Gasteiger partial charge < -0.3 is 4.74 Å². The van der Waals surface area contributed by atoms with Gasteiger partial charge in [-0.2, -0.15) is 20.1 Å². The van der Waals surface area contributed by atoms with E-state index in [9.17, 15) is 17.6 Å². The maximum absolute atomic E-state index is 12.6. The van der Waals surface area contributed by atoms with E-state index in [1.165, 1.54) is 11.3 Å². The summed E-state index contributed by atoms with van der Waals surface area (Å²) in [6, 6.07) is -0.543. The van der Waals surface area contributed by atoms with Gasteiger partial charge in [-0.15, -0.1) is 0 Å². The summed E-state index contributed by atoms with van der Waals surface area (Å²) in [5.74, 6) is 1.11. The van der Waals surface area contributed by atoms with E-state index >= 15 is 0 Å². The van der Waals surface area contributed by atoms with Crippen molar-refractivity contribution >= 4 is 27.3 Å². The van der Waals surface area contributed by atoms with E-state index in [4.69, 9.17) is 5.84 Å². The van der Waals surface area contributed by atoms with Gasteiger partial charge in [-0.1, -0.05) is 0 Å². The van der Waals surface area contributed by atoms with E-state index in [1.54, 1.807) is 10.8 Å². The minimum absolute atomic E-state index is 0.228. The van der Waals surface area contributed by atoms with Crippen LogP contribution >= 0.6 is 27.3 Å². The summed E-state index contributed by atoms with van der Waals surface area (Å²) in [7, 11) is 0. The van der Waals surface area contributed by atoms with Crippen LogP contribution in [0.3, 0.4) is 0 Å². The molecule has 0 aliphatic heterocycles. The Morgan fingerprint density at radius 3 is 2.56 bits per heavy atom. The number of alkyl halides is 4. The van der Waals surface area contributed by atoms with Gasteiger partial charge in [0, 0.05) is 9.85 Å². The van der Waals surface area contributed by atoms with E-state index in [0.717, 1.165) is 10.0 Å². The first-order valence-electron chi connectivity index (χ1n) is 4.80. The van der Waals surface area contributed by atoms with Crippen LogP contribution in [0.4, 0.5) is 17.6 Å². The molecule has 104 valence electrons. The molecule has 0 fully saturated rings. The lowest BCUT2D eigenvalue weighted by Gasteiger charge is -2.19. The van der Waals surface area contributed by atoms with Crippen molar-refractivity contribution < 1.29 is 22.3 Å². The van der Waals surface area contributed by atoms with Crippen molar-refractivity contribution in [2.45, 2.75) is 18.4 Å². The topological polar surface area (TPSA) is 47.3 Å². The Bertz CT molecular complexity index is 377. The number of hydrazine groups is 1. The van der Waals surface area contributed by atoms with Gasteiger partial charge in [-0.3, -0.25) is 11.3 Å². The molecule has 1 aromatic heterocycles. The Morgan fingerprint density at radius 2 is 2.11 bits per heavy atom. The average Bonchev–Trinajstić information content (AvgIpc) is 2.71. The molecule has 1 aromatic rings. The van der Waals surface area contributed by atoms with Gasteiger partial charge in [-0.25, -0.2) is 8.78 Å². The first kappa shape index (κ1) is 15.8. The monoisotopic (exact) mass is 350 g/mol. The molecule has 0 radical (unpaired) electrons. The molecule has 3 nitrogen and oxygen atoms in total. The number of nitrogens with one attached hydrogen (secondary N) is 1. The Morgan fingerprint density at radius 1 is 1.44 bits per heavy atom. The lowest BCUT2D eigenvalue weighted by molar-refractivity contribution is -0.167. The number of hydrogen-bond acceptors (Lipinski definition) is 4. The molecule has 1 rings (SSSR count). The summed E-state index contributed by atoms with van der Waals surface area (Å²) >= 11 is 4.64. The number of rotatable bonds is 7. The van der Waals surface area contributed by atoms with Crippen LogP contribution in [-0.4, -0.2) is 25.6 Å². The predicted molar refractivity (Wildman–Crippen MR) is 63.9 cm³/mol. The standard InChI is InChI=1S/C9H11BrF4N2OS/c10-6-3-18-2-5(6)7(16-15)1-17-4-9(13,14)8(11)12/h2-3,7-8,16H,1,4,15H2. The zero-order valence-corrected chi connectivity index (χ0v) is 11.4. The van der Waals surface area contributed by atoms with Gasteiger partial charge in [0.2, 0.25) is 0 Å². The predicted octanol–water partition coefficient (Wildman–Crippen LogP) is 2.93. The van der Waals surface area contributed by atoms with Crippen molar-refractivity contribution in [2.24, 2.45) is 5.84 Å². The van der Waals surface area contributed by atoms with Gasteiger partial charge in [0.15, 0.2) is 0 Å². The second-order valence-electron chi connectivity index (χ2n) is 3.47. The molecule has 1 heterocycles. The minimum atomic E-state index is -4.15. The van der Waals surface area contributed by atoms with Gasteiger partial charge in [0.05, 0.1) is 12.6 Å². The molecule has 0 amide bonds. The van der Waals surface area contributed by atoms with E-state index in [2.05, 4.69) is 26.1 Å². The first-order valence-corrected chi connectivity index (χ1v) is 6.53. The summed E-state index contributed by atoms with van der Waals surface area (Å²) in [6.07, 6.45) is -3.74. The van der Waals surface area contributed by atoms with Crippen LogP contribution in [0.5, 0.6) is 0 Å². The first-order chi connectivity index (χ1) is 8.38. The van der Waals surface area contributed by atoms with Crippen LogP contribution in [0, 0.1) is 0 Å². The van der Waals surface area contributed by atoms with Crippen LogP contribution in [0.25, 0.3) is 0 Å². The summed E-state index contributed by atoms with van der Waals surface area (Å²) in [5, 5.41) is 3.54. The summed E-state index contributed by atoms with van der Waals surface area (Å²) in [5.41, 5.74) is 3.10. The zero-order chi connectivity index (χ0) is 13.8. The highest BCUT2D eigenvalue weighted by Crippen LogP contribution is 2.28. The molecule has 0 saturated heterocycles. The van der Waals surface area contributed by atoms with E-state index in [0.29, 0.717) is 0 Å². The molecular weight excluding hydrogens is 340 g/mol. The molecule has 1 unspecified atom stereocenters. The molecule has 0 bridgehead atoms. The van der Waals surface area contributed by atoms with Crippen LogP contribution in [0.2, 0.25) is 0 Å². The smallest absolute Gasteiger partial charge is 0.330 e. The second-order valence-corrected chi connectivity index (χ2v) is 5.07. The van der Waals surface area contributed by atoms with Crippen molar-refractivity contribution in [3.8, 4) is 0 Å². The molecule has 3 N–H and O–H groups in total. The fraction of sp³-hybridized carbons (Fsp3) is 0.556. The van der Waals surface area contributed by atoms with Crippen molar-refractivity contribution in [3.63, 3.8) is 0 Å². The molecule has 9 heteroatoms. The maximum Gasteiger partial charge on any atom is 0.330 e. The van der Waals surface area contributed by atoms with Gasteiger partial charge in [0.25, 0.3) is 0 Å². The molecule has 0 aromatic carbocycles. The number of hydrogen-bond donors (Lipinski definition) is 2. The Balaban J connectivity index is 2.49. The number of nitrogens with two attached hydrogens (primary N) is 1. The largest absolute Gasteiger partial charge is 0.373 e. The van der Waals surface area contributed by atoms with Gasteiger partial charge in [-0.05, 0) is 26.9 Å². The van der Waals surface area contributed by atoms with E-state index in [-0.39, 0.29) is 6.61 Å². The SMILES string of the molecule is NNC(COCC(F)(F)C(F)F)c1cscc1Br. The highest BCUT2D eigenvalue weighted by molar-refractivity contribution is 9.10. The molecule has 0 spiro atoms. The summed E-state index contributed by atoms with van der Waals surface area (Å²) in [6.45, 7) is -1.57. The molecule has 18 heavy (non-hydrogen) atoms. The average molecular weight is 351 g/mol. The highest BCUT2D eigenvalue weighted by atomic mass is 79.9. The molecular formula is C9H11BrF4N2OS. The Kier molecular flexibility index (Phi) is 5.99. The molecule has 0 aliphatic rings. The van der Waals surface area contributed by atoms with Crippen molar-refractivity contribution in [2.75, 3.05) is 13.2 Å². The normalized spacial score (nSPS) is 14.2. The third kappa shape index (κ3) is 4.16. The van der Waals surface area contributed by atoms with Crippen LogP contribution in [-0.2, 0) is 4.74 Å². The lowest BCUT2D eigenvalue weighted by Crippen LogP contribution is -2.36. The van der Waals surface area contributed by atoms with Crippen molar-refractivity contribution in [3.05, 3.63) is 20.8 Å². The van der Waals surface area contributed by atoms with Gasteiger partial charge >= 0.3 is 12.3 Å². The van der Waals surface area contributed by atoms with Crippen molar-refractivity contribution in [1.82, 2.24) is 5.43 Å². The second kappa shape index (κ2) is 6.80. The van der Waals surface area contributed by atoms with Crippen LogP contribution in [0.1, 0.15) is 11.6 Å². The quantitative estimate of drug-likeness (QED) is 0.451. The van der Waals surface area contributed by atoms with Crippen LogP contribution < -0.4 is 11.3 Å². The number of ether oxygens (including phenoxy) is 1. The molecule has 0 aliphatic carbocycles. The highest BCUT2D eigenvalue weighted by Gasteiger charge is 2.41. The fourth-order valence-electron chi connectivity index (χ4n) is 1.14. The minimum Gasteiger partial charge on any atom is -0.373 e. The lowest BCUT2D eigenvalue weighted by atomic mass is 10.2. The summed E-state index contributed by atoms with van der Waals surface area (Å²) in [4.78, 5) is 0. The van der Waals surface area contributed by atoms with Gasteiger partial charge in [0.1, 0.15) is 6.61 Å². The molecule has 1 atom stereocenters. The number of halogens is 5. The maximum atomic E-state index is 12.6. The Hall–Kier alpha value is -0.220. The third-order valence-electron chi connectivity index (χ3n) is 2.12. The van der Waals surface area contributed by atoms with E-state index < -0.39 is 25.0 Å². The van der Waals surface area contributed by atoms with Crippen molar-refractivity contribution in [1.29, 1.82) is 0 Å². The zero-order valence-electron chi connectivity index (χ0n) is 9.01. The Labute approximate surface area is 113 Å². The fourth-order valence-corrected chi connectivity index (χ4v) is 2.77.